The number of carbonyl (C=O) groups excluding carboxylic acids is 1. The number of amides is 1. The second-order valence-electron chi connectivity index (χ2n) is 8.17. The smallest absolute Gasteiger partial charge is 0.223 e. The molecule has 0 bridgehead atoms. The highest BCUT2D eigenvalue weighted by molar-refractivity contribution is 5.79. The molecule has 28 heavy (non-hydrogen) atoms. The van der Waals surface area contributed by atoms with Crippen molar-refractivity contribution < 1.29 is 14.3 Å². The van der Waals surface area contributed by atoms with E-state index in [0.717, 1.165) is 61.9 Å². The SMILES string of the molecule is CCCOc1ccc([C@H](C)NC(=O)C2CCN(C3CC3)CC2)cc1OCCC. The van der Waals surface area contributed by atoms with E-state index in [9.17, 15) is 4.79 Å². The van der Waals surface area contributed by atoms with Gasteiger partial charge in [0.25, 0.3) is 0 Å². The highest BCUT2D eigenvalue weighted by Gasteiger charge is 2.33. The van der Waals surface area contributed by atoms with Crippen LogP contribution in [-0.4, -0.2) is 43.2 Å². The van der Waals surface area contributed by atoms with Gasteiger partial charge in [0.2, 0.25) is 5.91 Å². The Hall–Kier alpha value is -1.75. The Morgan fingerprint density at radius 1 is 1.07 bits per heavy atom. The normalized spacial score (nSPS) is 19.2. The van der Waals surface area contributed by atoms with E-state index in [0.29, 0.717) is 13.2 Å². The number of nitrogens with zero attached hydrogens (tertiary/aromatic N) is 1. The van der Waals surface area contributed by atoms with Crippen LogP contribution in [0.5, 0.6) is 11.5 Å². The summed E-state index contributed by atoms with van der Waals surface area (Å²) in [5, 5.41) is 3.22. The number of carbonyl (C=O) groups is 1. The number of nitrogens with one attached hydrogen (secondary N) is 1. The van der Waals surface area contributed by atoms with Crippen LogP contribution in [0.1, 0.15) is 70.9 Å². The number of ether oxygens (including phenoxy) is 2. The van der Waals surface area contributed by atoms with Crippen molar-refractivity contribution in [3.05, 3.63) is 23.8 Å². The molecule has 1 saturated carbocycles. The molecule has 0 radical (unpaired) electrons. The van der Waals surface area contributed by atoms with Crippen LogP contribution in [0.2, 0.25) is 0 Å². The van der Waals surface area contributed by atoms with Gasteiger partial charge in [-0.2, -0.15) is 0 Å². The van der Waals surface area contributed by atoms with Crippen molar-refractivity contribution in [1.82, 2.24) is 10.2 Å². The van der Waals surface area contributed by atoms with Gasteiger partial charge in [-0.25, -0.2) is 0 Å². The highest BCUT2D eigenvalue weighted by atomic mass is 16.5. The summed E-state index contributed by atoms with van der Waals surface area (Å²) in [6.45, 7) is 9.69. The van der Waals surface area contributed by atoms with Crippen LogP contribution in [0.15, 0.2) is 18.2 Å². The van der Waals surface area contributed by atoms with Gasteiger partial charge in [0, 0.05) is 12.0 Å². The van der Waals surface area contributed by atoms with Crippen LogP contribution >= 0.6 is 0 Å². The molecule has 1 aliphatic heterocycles. The largest absolute Gasteiger partial charge is 0.490 e. The summed E-state index contributed by atoms with van der Waals surface area (Å²) in [4.78, 5) is 15.3. The number of benzene rings is 1. The first-order chi connectivity index (χ1) is 13.6. The molecule has 1 saturated heterocycles. The first-order valence-electron chi connectivity index (χ1n) is 11.1. The molecule has 0 aromatic heterocycles. The lowest BCUT2D eigenvalue weighted by Gasteiger charge is -2.32. The number of piperidine rings is 1. The van der Waals surface area contributed by atoms with E-state index in [4.69, 9.17) is 9.47 Å². The lowest BCUT2D eigenvalue weighted by Crippen LogP contribution is -2.41. The minimum Gasteiger partial charge on any atom is -0.490 e. The van der Waals surface area contributed by atoms with E-state index in [1.165, 1.54) is 12.8 Å². The van der Waals surface area contributed by atoms with Crippen LogP contribution in [0.25, 0.3) is 0 Å². The zero-order valence-electron chi connectivity index (χ0n) is 17.7. The molecule has 156 valence electrons. The summed E-state index contributed by atoms with van der Waals surface area (Å²) in [6, 6.07) is 6.77. The van der Waals surface area contributed by atoms with E-state index in [-0.39, 0.29) is 17.9 Å². The van der Waals surface area contributed by atoms with Gasteiger partial charge in [-0.3, -0.25) is 4.79 Å². The first-order valence-corrected chi connectivity index (χ1v) is 11.1. The molecular weight excluding hydrogens is 352 g/mol. The molecule has 2 fully saturated rings. The summed E-state index contributed by atoms with van der Waals surface area (Å²) in [6.07, 6.45) is 6.54. The van der Waals surface area contributed by atoms with Gasteiger partial charge in [-0.05, 0) is 76.2 Å². The first kappa shape index (κ1) is 21.0. The average Bonchev–Trinajstić information content (AvgIpc) is 3.56. The molecule has 0 spiro atoms. The Balaban J connectivity index is 1.57. The maximum absolute atomic E-state index is 12.8. The van der Waals surface area contributed by atoms with Crippen molar-refractivity contribution >= 4 is 5.91 Å². The Kier molecular flexibility index (Phi) is 7.60. The van der Waals surface area contributed by atoms with Gasteiger partial charge in [-0.15, -0.1) is 0 Å². The molecule has 1 N–H and O–H groups in total. The molecule has 1 aromatic rings. The number of likely N-dealkylation sites (tertiary alicyclic amines) is 1. The Bertz CT molecular complexity index is 637. The van der Waals surface area contributed by atoms with Gasteiger partial charge in [0.1, 0.15) is 0 Å². The van der Waals surface area contributed by atoms with E-state index in [1.807, 2.05) is 25.1 Å². The topological polar surface area (TPSA) is 50.8 Å². The molecule has 5 heteroatoms. The molecule has 0 unspecified atom stereocenters. The van der Waals surface area contributed by atoms with Crippen LogP contribution in [0.3, 0.4) is 0 Å². The van der Waals surface area contributed by atoms with Crippen molar-refractivity contribution in [2.24, 2.45) is 5.92 Å². The predicted octanol–water partition coefficient (Wildman–Crippen LogP) is 4.32. The van der Waals surface area contributed by atoms with Crippen LogP contribution in [0, 0.1) is 5.92 Å². The van der Waals surface area contributed by atoms with Gasteiger partial charge in [0.05, 0.1) is 19.3 Å². The molecular formula is C23H36N2O3. The zero-order chi connectivity index (χ0) is 19.9. The minimum absolute atomic E-state index is 0.0434. The summed E-state index contributed by atoms with van der Waals surface area (Å²) >= 11 is 0. The second-order valence-corrected chi connectivity index (χ2v) is 8.17. The van der Waals surface area contributed by atoms with E-state index >= 15 is 0 Å². The molecule has 1 aliphatic carbocycles. The Labute approximate surface area is 169 Å². The third kappa shape index (κ3) is 5.63. The number of rotatable bonds is 10. The van der Waals surface area contributed by atoms with Crippen LogP contribution in [-0.2, 0) is 4.79 Å². The van der Waals surface area contributed by atoms with Gasteiger partial charge >= 0.3 is 0 Å². The van der Waals surface area contributed by atoms with E-state index in [1.54, 1.807) is 0 Å². The fourth-order valence-electron chi connectivity index (χ4n) is 3.83. The van der Waals surface area contributed by atoms with Crippen LogP contribution < -0.4 is 14.8 Å². The minimum atomic E-state index is -0.0434. The summed E-state index contributed by atoms with van der Waals surface area (Å²) < 4.78 is 11.7. The Morgan fingerprint density at radius 3 is 2.32 bits per heavy atom. The van der Waals surface area contributed by atoms with Crippen molar-refractivity contribution in [3.8, 4) is 11.5 Å². The fourth-order valence-corrected chi connectivity index (χ4v) is 3.83. The number of hydrogen-bond donors (Lipinski definition) is 1. The number of hydrogen-bond acceptors (Lipinski definition) is 4. The van der Waals surface area contributed by atoms with Gasteiger partial charge in [-0.1, -0.05) is 19.9 Å². The maximum Gasteiger partial charge on any atom is 0.223 e. The fraction of sp³-hybridized carbons (Fsp3) is 0.696. The molecule has 1 amide bonds. The predicted molar refractivity (Wildman–Crippen MR) is 112 cm³/mol. The molecule has 2 aliphatic rings. The van der Waals surface area contributed by atoms with Gasteiger partial charge < -0.3 is 19.7 Å². The molecule has 1 atom stereocenters. The summed E-state index contributed by atoms with van der Waals surface area (Å²) in [5.41, 5.74) is 1.05. The van der Waals surface area contributed by atoms with Crippen LogP contribution in [0.4, 0.5) is 0 Å². The average molecular weight is 389 g/mol. The van der Waals surface area contributed by atoms with Crippen molar-refractivity contribution in [2.75, 3.05) is 26.3 Å². The monoisotopic (exact) mass is 388 g/mol. The summed E-state index contributed by atoms with van der Waals surface area (Å²) in [7, 11) is 0. The lowest BCUT2D eigenvalue weighted by atomic mass is 9.95. The maximum atomic E-state index is 12.8. The van der Waals surface area contributed by atoms with Crippen molar-refractivity contribution in [1.29, 1.82) is 0 Å². The third-order valence-electron chi connectivity index (χ3n) is 5.71. The Morgan fingerprint density at radius 2 is 1.71 bits per heavy atom. The summed E-state index contributed by atoms with van der Waals surface area (Å²) in [5.74, 6) is 1.88. The quantitative estimate of drug-likeness (QED) is 0.649. The van der Waals surface area contributed by atoms with E-state index < -0.39 is 0 Å². The molecule has 3 rings (SSSR count). The third-order valence-corrected chi connectivity index (χ3v) is 5.71. The lowest BCUT2D eigenvalue weighted by molar-refractivity contribution is -0.127. The standard InChI is InChI=1S/C23H36N2O3/c1-4-14-27-21-9-6-19(16-22(21)28-15-5-2)17(3)24-23(26)18-10-12-25(13-11-18)20-7-8-20/h6,9,16-18,20H,4-5,7-8,10-15H2,1-3H3,(H,24,26)/t17-/m0/s1. The van der Waals surface area contributed by atoms with Gasteiger partial charge in [0.15, 0.2) is 11.5 Å². The molecule has 1 heterocycles. The second kappa shape index (κ2) is 10.1. The molecule has 1 aromatic carbocycles. The van der Waals surface area contributed by atoms with E-state index in [2.05, 4.69) is 24.1 Å². The molecule has 5 nitrogen and oxygen atoms in total. The van der Waals surface area contributed by atoms with Crippen molar-refractivity contribution in [2.45, 2.75) is 71.4 Å². The highest BCUT2D eigenvalue weighted by Crippen LogP contribution is 2.33. The zero-order valence-corrected chi connectivity index (χ0v) is 17.7. The van der Waals surface area contributed by atoms with Crippen molar-refractivity contribution in [3.63, 3.8) is 0 Å².